The van der Waals surface area contributed by atoms with Gasteiger partial charge in [-0.1, -0.05) is 23.2 Å². The van der Waals surface area contributed by atoms with Crippen LogP contribution in [0.15, 0.2) is 11.0 Å². The molecule has 1 aliphatic rings. The Morgan fingerprint density at radius 3 is 2.50 bits per heavy atom. The molecule has 9 heteroatoms. The van der Waals surface area contributed by atoms with Crippen molar-refractivity contribution in [2.75, 3.05) is 13.1 Å². The average Bonchev–Trinajstić information content (AvgIpc) is 2.93. The van der Waals surface area contributed by atoms with Crippen LogP contribution in [0, 0.1) is 0 Å². The molecule has 126 valence electrons. The highest BCUT2D eigenvalue weighted by Gasteiger charge is 2.29. The van der Waals surface area contributed by atoms with E-state index in [1.54, 1.807) is 0 Å². The molecule has 0 aromatic carbocycles. The zero-order chi connectivity index (χ0) is 16.5. The summed E-state index contributed by atoms with van der Waals surface area (Å²) in [4.78, 5) is 2.16. The zero-order valence-corrected chi connectivity index (χ0v) is 15.6. The highest BCUT2D eigenvalue weighted by Crippen LogP contribution is 2.34. The first-order valence-electron chi connectivity index (χ1n) is 7.09. The van der Waals surface area contributed by atoms with Gasteiger partial charge in [-0.2, -0.15) is 0 Å². The van der Waals surface area contributed by atoms with E-state index in [0.717, 1.165) is 24.2 Å². The Kier molecular flexibility index (Phi) is 6.15. The fourth-order valence-electron chi connectivity index (χ4n) is 2.71. The molecule has 2 rings (SSSR count). The second-order valence-corrected chi connectivity index (χ2v) is 9.69. The van der Waals surface area contributed by atoms with Crippen molar-refractivity contribution < 1.29 is 13.5 Å². The minimum Gasteiger partial charge on any atom is -0.390 e. The second kappa shape index (κ2) is 7.34. The van der Waals surface area contributed by atoms with E-state index in [2.05, 4.69) is 23.5 Å². The largest absolute Gasteiger partial charge is 0.390 e. The predicted molar refractivity (Wildman–Crippen MR) is 90.4 cm³/mol. The highest BCUT2D eigenvalue weighted by molar-refractivity contribution is 7.89. The molecule has 0 radical (unpaired) electrons. The van der Waals surface area contributed by atoms with Gasteiger partial charge in [-0.15, -0.1) is 11.3 Å². The Bertz CT molecular complexity index is 611. The van der Waals surface area contributed by atoms with Crippen LogP contribution in [0.1, 0.15) is 26.7 Å². The summed E-state index contributed by atoms with van der Waals surface area (Å²) in [6, 6.07) is 2.13. The molecule has 5 nitrogen and oxygen atoms in total. The quantitative estimate of drug-likeness (QED) is 0.787. The van der Waals surface area contributed by atoms with Crippen LogP contribution < -0.4 is 4.72 Å². The maximum Gasteiger partial charge on any atom is 0.243 e. The van der Waals surface area contributed by atoms with Gasteiger partial charge in [0.2, 0.25) is 10.0 Å². The fourth-order valence-corrected chi connectivity index (χ4v) is 5.93. The molecule has 0 saturated carbocycles. The van der Waals surface area contributed by atoms with Crippen LogP contribution in [0.25, 0.3) is 0 Å². The van der Waals surface area contributed by atoms with Gasteiger partial charge in [0.25, 0.3) is 0 Å². The van der Waals surface area contributed by atoms with Crippen LogP contribution >= 0.6 is 34.5 Å². The molecule has 0 aliphatic carbocycles. The Morgan fingerprint density at radius 2 is 2.00 bits per heavy atom. The monoisotopic (exact) mass is 386 g/mol. The maximum absolute atomic E-state index is 12.2. The van der Waals surface area contributed by atoms with Crippen molar-refractivity contribution >= 4 is 44.6 Å². The second-order valence-electron chi connectivity index (χ2n) is 5.67. The van der Waals surface area contributed by atoms with Crippen molar-refractivity contribution in [1.29, 1.82) is 0 Å². The predicted octanol–water partition coefficient (Wildman–Crippen LogP) is 2.57. The number of hydrogen-bond donors (Lipinski definition) is 2. The Labute approximate surface area is 145 Å². The Morgan fingerprint density at radius 1 is 1.41 bits per heavy atom. The number of likely N-dealkylation sites (tertiary alicyclic amines) is 1. The lowest BCUT2D eigenvalue weighted by atomic mass is 10.2. The van der Waals surface area contributed by atoms with Gasteiger partial charge >= 0.3 is 0 Å². The standard InChI is InChI=1S/C13H20Cl2N2O3S2/c1-8-3-4-9(2)17(8)7-10(18)6-16-22(19,20)11-5-12(14)21-13(11)15/h5,8-10,16,18H,3-4,6-7H2,1-2H3/t8?,9?,10-/m0/s1. The van der Waals surface area contributed by atoms with Crippen LogP contribution in [0.5, 0.6) is 0 Å². The number of hydrogen-bond acceptors (Lipinski definition) is 5. The molecule has 1 saturated heterocycles. The molecule has 22 heavy (non-hydrogen) atoms. The van der Waals surface area contributed by atoms with Crippen LogP contribution in [-0.4, -0.2) is 49.7 Å². The molecular weight excluding hydrogens is 367 g/mol. The van der Waals surface area contributed by atoms with Gasteiger partial charge < -0.3 is 5.11 Å². The Hall–Kier alpha value is 0.110. The van der Waals surface area contributed by atoms with Crippen molar-refractivity contribution in [3.05, 3.63) is 14.7 Å². The zero-order valence-electron chi connectivity index (χ0n) is 12.4. The number of thiophene rings is 1. The summed E-state index contributed by atoms with van der Waals surface area (Å²) >= 11 is 12.6. The van der Waals surface area contributed by atoms with Crippen molar-refractivity contribution in [2.24, 2.45) is 0 Å². The normalized spacial score (nSPS) is 24.8. The smallest absolute Gasteiger partial charge is 0.243 e. The van der Waals surface area contributed by atoms with Crippen LogP contribution in [-0.2, 0) is 10.0 Å². The summed E-state index contributed by atoms with van der Waals surface area (Å²) < 4.78 is 27.2. The maximum atomic E-state index is 12.2. The number of aliphatic hydroxyl groups is 1. The van der Waals surface area contributed by atoms with Gasteiger partial charge in [0.15, 0.2) is 0 Å². The lowest BCUT2D eigenvalue weighted by Gasteiger charge is -2.28. The first kappa shape index (κ1) is 18.4. The number of nitrogens with zero attached hydrogens (tertiary/aromatic N) is 1. The topological polar surface area (TPSA) is 69.6 Å². The third-order valence-electron chi connectivity index (χ3n) is 3.98. The number of halogens is 2. The van der Waals surface area contributed by atoms with E-state index in [0.29, 0.717) is 23.0 Å². The van der Waals surface area contributed by atoms with Crippen molar-refractivity contribution in [3.8, 4) is 0 Å². The van der Waals surface area contributed by atoms with Gasteiger partial charge in [0.05, 0.1) is 10.4 Å². The first-order chi connectivity index (χ1) is 10.2. The Balaban J connectivity index is 1.93. The first-order valence-corrected chi connectivity index (χ1v) is 10.1. The number of rotatable bonds is 6. The summed E-state index contributed by atoms with van der Waals surface area (Å²) in [6.07, 6.45) is 1.43. The molecule has 1 aromatic heterocycles. The van der Waals surface area contributed by atoms with Crippen LogP contribution in [0.4, 0.5) is 0 Å². The molecule has 2 heterocycles. The van der Waals surface area contributed by atoms with Gasteiger partial charge in [-0.05, 0) is 32.8 Å². The third kappa shape index (κ3) is 4.35. The highest BCUT2D eigenvalue weighted by atomic mass is 35.5. The van der Waals surface area contributed by atoms with Crippen molar-refractivity contribution in [1.82, 2.24) is 9.62 Å². The SMILES string of the molecule is CC1CCC(C)N1C[C@@H](O)CNS(=O)(=O)c1cc(Cl)sc1Cl. The summed E-state index contributed by atoms with van der Waals surface area (Å²) in [6.45, 7) is 4.63. The molecule has 0 spiro atoms. The minimum absolute atomic E-state index is 0.0423. The van der Waals surface area contributed by atoms with E-state index in [1.807, 2.05) is 0 Å². The minimum atomic E-state index is -3.76. The molecule has 1 aliphatic heterocycles. The average molecular weight is 387 g/mol. The molecular formula is C13H20Cl2N2O3S2. The lowest BCUT2D eigenvalue weighted by molar-refractivity contribution is 0.0941. The number of β-amino-alcohol motifs (C(OH)–C–C–N with tert-alkyl or cyclic N) is 1. The molecule has 2 N–H and O–H groups in total. The summed E-state index contributed by atoms with van der Waals surface area (Å²) in [5, 5.41) is 10.1. The van der Waals surface area contributed by atoms with E-state index in [-0.39, 0.29) is 15.8 Å². The van der Waals surface area contributed by atoms with Crippen LogP contribution in [0.3, 0.4) is 0 Å². The molecule has 1 fully saturated rings. The summed E-state index contributed by atoms with van der Waals surface area (Å²) in [7, 11) is -3.76. The van der Waals surface area contributed by atoms with E-state index in [4.69, 9.17) is 23.2 Å². The number of sulfonamides is 1. The van der Waals surface area contributed by atoms with Crippen LogP contribution in [0.2, 0.25) is 8.67 Å². The van der Waals surface area contributed by atoms with Gasteiger partial charge in [0.1, 0.15) is 9.23 Å². The molecule has 0 amide bonds. The van der Waals surface area contributed by atoms with E-state index in [9.17, 15) is 13.5 Å². The van der Waals surface area contributed by atoms with E-state index >= 15 is 0 Å². The summed E-state index contributed by atoms with van der Waals surface area (Å²) in [5.74, 6) is 0. The van der Waals surface area contributed by atoms with E-state index < -0.39 is 16.1 Å². The van der Waals surface area contributed by atoms with E-state index in [1.165, 1.54) is 6.07 Å². The number of nitrogens with one attached hydrogen (secondary N) is 1. The van der Waals surface area contributed by atoms with Gasteiger partial charge in [0, 0.05) is 25.2 Å². The third-order valence-corrected chi connectivity index (χ3v) is 7.16. The van der Waals surface area contributed by atoms with Crippen molar-refractivity contribution in [3.63, 3.8) is 0 Å². The van der Waals surface area contributed by atoms with Gasteiger partial charge in [-0.3, -0.25) is 4.90 Å². The lowest BCUT2D eigenvalue weighted by Crippen LogP contribution is -2.43. The molecule has 3 atom stereocenters. The molecule has 2 unspecified atom stereocenters. The summed E-state index contributed by atoms with van der Waals surface area (Å²) in [5.41, 5.74) is 0. The van der Waals surface area contributed by atoms with Crippen molar-refractivity contribution in [2.45, 2.75) is 49.8 Å². The number of aliphatic hydroxyl groups excluding tert-OH is 1. The fraction of sp³-hybridized carbons (Fsp3) is 0.692. The molecule has 1 aromatic rings. The molecule has 0 bridgehead atoms. The van der Waals surface area contributed by atoms with Gasteiger partial charge in [-0.25, -0.2) is 13.1 Å².